The minimum Gasteiger partial charge on any atom is -1.00 e. The molecule has 0 radical (unpaired) electrons. The first-order valence-electron chi connectivity index (χ1n) is 7.48. The van der Waals surface area contributed by atoms with Crippen LogP contribution in [0.4, 0.5) is 19.2 Å². The summed E-state index contributed by atoms with van der Waals surface area (Å²) < 4.78 is 44.8. The molecule has 2 aromatic rings. The number of hydrogen-bond acceptors (Lipinski definition) is 3. The molecular formula is C16H19BrF3N3O. The third-order valence-corrected chi connectivity index (χ3v) is 4.36. The van der Waals surface area contributed by atoms with Crippen molar-refractivity contribution in [2.75, 3.05) is 44.7 Å². The van der Waals surface area contributed by atoms with E-state index in [1.807, 2.05) is 11.0 Å². The summed E-state index contributed by atoms with van der Waals surface area (Å²) in [7, 11) is 2.17. The number of alkyl halides is 3. The van der Waals surface area contributed by atoms with Crippen molar-refractivity contribution in [3.8, 4) is 0 Å². The summed E-state index contributed by atoms with van der Waals surface area (Å²) in [6.45, 7) is 8.02. The lowest BCUT2D eigenvalue weighted by molar-refractivity contribution is -0.904. The molecule has 8 heteroatoms. The van der Waals surface area contributed by atoms with Gasteiger partial charge in [-0.1, -0.05) is 6.58 Å². The Bertz CT molecular complexity index is 721. The predicted octanol–water partition coefficient (Wildman–Crippen LogP) is 0.303. The quantitative estimate of drug-likeness (QED) is 0.543. The van der Waals surface area contributed by atoms with E-state index in [1.54, 1.807) is 0 Å². The molecule has 1 fully saturated rings. The van der Waals surface area contributed by atoms with Crippen molar-refractivity contribution in [1.82, 2.24) is 4.98 Å². The molecule has 0 saturated carbocycles. The Morgan fingerprint density at radius 3 is 2.58 bits per heavy atom. The molecule has 3 rings (SSSR count). The maximum atomic E-state index is 12.8. The van der Waals surface area contributed by atoms with Crippen molar-refractivity contribution < 1.29 is 39.1 Å². The number of halogens is 4. The molecule has 1 saturated heterocycles. The van der Waals surface area contributed by atoms with Gasteiger partial charge in [0.25, 0.3) is 6.01 Å². The number of piperazine rings is 1. The minimum atomic E-state index is -4.37. The van der Waals surface area contributed by atoms with Crippen LogP contribution in [0.1, 0.15) is 5.56 Å². The maximum absolute atomic E-state index is 12.8. The zero-order valence-corrected chi connectivity index (χ0v) is 14.9. The van der Waals surface area contributed by atoms with E-state index in [-0.39, 0.29) is 22.5 Å². The van der Waals surface area contributed by atoms with Crippen molar-refractivity contribution in [3.05, 3.63) is 36.4 Å². The third-order valence-electron chi connectivity index (χ3n) is 4.36. The van der Waals surface area contributed by atoms with Crippen LogP contribution in [0.3, 0.4) is 0 Å². The van der Waals surface area contributed by atoms with Crippen LogP contribution in [0.25, 0.3) is 11.1 Å². The van der Waals surface area contributed by atoms with Gasteiger partial charge in [0.15, 0.2) is 5.58 Å². The highest BCUT2D eigenvalue weighted by atomic mass is 79.9. The van der Waals surface area contributed by atoms with Crippen molar-refractivity contribution in [2.45, 2.75) is 6.18 Å². The van der Waals surface area contributed by atoms with E-state index in [4.69, 9.17) is 4.42 Å². The van der Waals surface area contributed by atoms with E-state index in [9.17, 15) is 13.2 Å². The predicted molar refractivity (Wildman–Crippen MR) is 82.2 cm³/mol. The Morgan fingerprint density at radius 1 is 1.33 bits per heavy atom. The van der Waals surface area contributed by atoms with Gasteiger partial charge in [0, 0.05) is 0 Å². The molecule has 132 valence electrons. The van der Waals surface area contributed by atoms with Gasteiger partial charge in [0.2, 0.25) is 0 Å². The molecule has 0 aliphatic carbocycles. The summed E-state index contributed by atoms with van der Waals surface area (Å²) in [5.41, 5.74) is -0.0932. The molecule has 1 aliphatic heterocycles. The lowest BCUT2D eigenvalue weighted by atomic mass is 10.2. The topological polar surface area (TPSA) is 29.3 Å². The zero-order chi connectivity index (χ0) is 16.7. The monoisotopic (exact) mass is 405 g/mol. The Labute approximate surface area is 148 Å². The summed E-state index contributed by atoms with van der Waals surface area (Å²) in [5.74, 6) is 0. The molecule has 0 amide bonds. The first kappa shape index (κ1) is 18.8. The van der Waals surface area contributed by atoms with Crippen molar-refractivity contribution >= 4 is 17.1 Å². The van der Waals surface area contributed by atoms with Gasteiger partial charge in [0.05, 0.1) is 45.3 Å². The van der Waals surface area contributed by atoms with Crippen LogP contribution in [0, 0.1) is 0 Å². The number of hydrogen-bond donors (Lipinski definition) is 0. The summed E-state index contributed by atoms with van der Waals surface area (Å²) >= 11 is 0. The molecule has 0 N–H and O–H groups in total. The maximum Gasteiger partial charge on any atom is 0.416 e. The second-order valence-electron chi connectivity index (χ2n) is 6.20. The van der Waals surface area contributed by atoms with Gasteiger partial charge in [0.1, 0.15) is 5.52 Å². The summed E-state index contributed by atoms with van der Waals surface area (Å²) in [6.07, 6.45) is -2.46. The van der Waals surface area contributed by atoms with E-state index < -0.39 is 11.7 Å². The van der Waals surface area contributed by atoms with Crippen LogP contribution in [0.5, 0.6) is 0 Å². The Balaban J connectivity index is 0.00000208. The fraction of sp³-hybridized carbons (Fsp3) is 0.438. The Kier molecular flexibility index (Phi) is 5.29. The van der Waals surface area contributed by atoms with Gasteiger partial charge in [-0.05, 0) is 24.3 Å². The number of anilines is 1. The summed E-state index contributed by atoms with van der Waals surface area (Å²) in [4.78, 5) is 6.22. The van der Waals surface area contributed by atoms with E-state index in [0.29, 0.717) is 11.6 Å². The molecule has 1 aliphatic rings. The van der Waals surface area contributed by atoms with Gasteiger partial charge >= 0.3 is 6.18 Å². The highest BCUT2D eigenvalue weighted by Gasteiger charge is 2.32. The molecule has 2 heterocycles. The van der Waals surface area contributed by atoms with E-state index in [0.717, 1.165) is 49.3 Å². The molecule has 4 nitrogen and oxygen atoms in total. The van der Waals surface area contributed by atoms with E-state index in [1.165, 1.54) is 6.07 Å². The van der Waals surface area contributed by atoms with Crippen LogP contribution >= 0.6 is 0 Å². The van der Waals surface area contributed by atoms with Crippen molar-refractivity contribution in [2.24, 2.45) is 0 Å². The lowest BCUT2D eigenvalue weighted by Gasteiger charge is -2.40. The number of oxazole rings is 1. The van der Waals surface area contributed by atoms with Crippen molar-refractivity contribution in [1.29, 1.82) is 0 Å². The molecule has 1 aromatic carbocycles. The first-order chi connectivity index (χ1) is 10.8. The highest BCUT2D eigenvalue weighted by Crippen LogP contribution is 2.32. The second kappa shape index (κ2) is 6.76. The Morgan fingerprint density at radius 2 is 2.00 bits per heavy atom. The largest absolute Gasteiger partial charge is 1.00 e. The molecule has 0 bridgehead atoms. The molecule has 0 unspecified atom stereocenters. The summed E-state index contributed by atoms with van der Waals surface area (Å²) in [5, 5.41) is 0. The van der Waals surface area contributed by atoms with Gasteiger partial charge < -0.3 is 30.8 Å². The molecule has 0 spiro atoms. The molecular weight excluding hydrogens is 387 g/mol. The highest BCUT2D eigenvalue weighted by molar-refractivity contribution is 5.75. The number of rotatable bonds is 3. The number of aromatic nitrogens is 1. The molecule has 0 atom stereocenters. The first-order valence-corrected chi connectivity index (χ1v) is 7.48. The van der Waals surface area contributed by atoms with Gasteiger partial charge in [-0.3, -0.25) is 0 Å². The van der Waals surface area contributed by atoms with Crippen LogP contribution in [0.15, 0.2) is 35.3 Å². The fourth-order valence-electron chi connectivity index (χ4n) is 2.86. The third kappa shape index (κ3) is 3.75. The average Bonchev–Trinajstić information content (AvgIpc) is 2.90. The van der Waals surface area contributed by atoms with Crippen LogP contribution in [-0.2, 0) is 6.18 Å². The fourth-order valence-corrected chi connectivity index (χ4v) is 2.86. The Hall–Kier alpha value is -1.54. The van der Waals surface area contributed by atoms with Gasteiger partial charge in [-0.25, -0.2) is 0 Å². The minimum absolute atomic E-state index is 0. The summed E-state index contributed by atoms with van der Waals surface area (Å²) in [6, 6.07) is 3.77. The zero-order valence-electron chi connectivity index (χ0n) is 13.3. The van der Waals surface area contributed by atoms with Gasteiger partial charge in [-0.15, -0.1) is 0 Å². The standard InChI is InChI=1S/C16H19F3N3O.BrH/c1-3-8-22(2)9-6-21(7-10-22)15-20-13-11-12(16(17,18)19)4-5-14(13)23-15;/h3-5,11H,1,6-10H2,2H3;1H/q+1;/p-1. The van der Waals surface area contributed by atoms with Crippen molar-refractivity contribution in [3.63, 3.8) is 0 Å². The second-order valence-corrected chi connectivity index (χ2v) is 6.20. The van der Waals surface area contributed by atoms with Gasteiger partial charge in [-0.2, -0.15) is 18.2 Å². The number of benzene rings is 1. The number of nitrogens with zero attached hydrogens (tertiary/aromatic N) is 3. The van der Waals surface area contributed by atoms with Crippen LogP contribution < -0.4 is 21.9 Å². The lowest BCUT2D eigenvalue weighted by Crippen LogP contribution is -3.00. The number of fused-ring (bicyclic) bond motifs is 1. The average molecular weight is 406 g/mol. The van der Waals surface area contributed by atoms with E-state index >= 15 is 0 Å². The molecule has 1 aromatic heterocycles. The van der Waals surface area contributed by atoms with Crippen LogP contribution in [-0.4, -0.2) is 49.2 Å². The molecule has 24 heavy (non-hydrogen) atoms. The SMILES string of the molecule is C=CC[N+]1(C)CCN(c2nc3cc(C(F)(F)F)ccc3o2)CC1.[Br-]. The van der Waals surface area contributed by atoms with Crippen LogP contribution in [0.2, 0.25) is 0 Å². The smallest absolute Gasteiger partial charge is 0.416 e. The normalized spacial score (nSPS) is 17.6. The number of likely N-dealkylation sites (N-methyl/N-ethyl adjacent to an activating group) is 1. The number of quaternary nitrogens is 1. The van der Waals surface area contributed by atoms with E-state index in [2.05, 4.69) is 18.6 Å².